The largest absolute Gasteiger partial charge is 0.492 e. The summed E-state index contributed by atoms with van der Waals surface area (Å²) >= 11 is 0. The summed E-state index contributed by atoms with van der Waals surface area (Å²) in [5, 5.41) is 10.1. The van der Waals surface area contributed by atoms with Crippen molar-refractivity contribution in [1.82, 2.24) is 0 Å². The van der Waals surface area contributed by atoms with E-state index < -0.39 is 5.60 Å². The van der Waals surface area contributed by atoms with E-state index in [-0.39, 0.29) is 0 Å². The van der Waals surface area contributed by atoms with Crippen molar-refractivity contribution < 1.29 is 9.84 Å². The van der Waals surface area contributed by atoms with Crippen molar-refractivity contribution in [2.45, 2.75) is 32.3 Å². The summed E-state index contributed by atoms with van der Waals surface area (Å²) in [4.78, 5) is 0. The molecule has 0 aromatic heterocycles. The lowest BCUT2D eigenvalue weighted by molar-refractivity contribution is 0.0931. The molecule has 0 aliphatic carbocycles. The van der Waals surface area contributed by atoms with Crippen LogP contribution in [0.2, 0.25) is 0 Å². The third kappa shape index (κ3) is 4.40. The van der Waals surface area contributed by atoms with E-state index in [0.717, 1.165) is 11.3 Å². The van der Waals surface area contributed by atoms with Gasteiger partial charge >= 0.3 is 0 Å². The Bertz CT molecular complexity index is 428. The first kappa shape index (κ1) is 14.6. The molecule has 98 valence electrons. The van der Waals surface area contributed by atoms with E-state index in [2.05, 4.69) is 11.8 Å². The quantitative estimate of drug-likeness (QED) is 0.782. The van der Waals surface area contributed by atoms with Crippen LogP contribution in [-0.2, 0) is 0 Å². The Balaban J connectivity index is 2.82. The van der Waals surface area contributed by atoms with E-state index in [1.807, 2.05) is 38.1 Å². The first-order valence-corrected chi connectivity index (χ1v) is 6.32. The maximum absolute atomic E-state index is 10.1. The zero-order chi connectivity index (χ0) is 13.4. The number of ether oxygens (including phenoxy) is 1. The molecule has 0 radical (unpaired) electrons. The minimum Gasteiger partial charge on any atom is -0.492 e. The van der Waals surface area contributed by atoms with Crippen molar-refractivity contribution in [2.24, 2.45) is 5.73 Å². The van der Waals surface area contributed by atoms with Crippen molar-refractivity contribution in [2.75, 3.05) is 13.2 Å². The van der Waals surface area contributed by atoms with E-state index in [9.17, 15) is 5.11 Å². The average Bonchev–Trinajstić information content (AvgIpc) is 2.43. The minimum atomic E-state index is -0.895. The molecule has 3 heteroatoms. The Morgan fingerprint density at radius 3 is 2.67 bits per heavy atom. The number of hydrogen-bond acceptors (Lipinski definition) is 3. The Labute approximate surface area is 109 Å². The van der Waals surface area contributed by atoms with E-state index in [0.29, 0.717) is 26.0 Å². The maximum Gasteiger partial charge on any atom is 0.125 e. The molecule has 3 N–H and O–H groups in total. The molecule has 0 aliphatic rings. The van der Waals surface area contributed by atoms with Crippen molar-refractivity contribution in [3.05, 3.63) is 29.8 Å². The molecule has 18 heavy (non-hydrogen) atoms. The summed E-state index contributed by atoms with van der Waals surface area (Å²) in [5.74, 6) is 6.67. The maximum atomic E-state index is 10.1. The first-order chi connectivity index (χ1) is 8.63. The normalized spacial score (nSPS) is 10.7. The molecule has 0 aliphatic heterocycles. The molecule has 0 bridgehead atoms. The lowest BCUT2D eigenvalue weighted by atomic mass is 9.98. The van der Waals surface area contributed by atoms with Crippen LogP contribution in [0.15, 0.2) is 24.3 Å². The van der Waals surface area contributed by atoms with Gasteiger partial charge in [0.1, 0.15) is 18.0 Å². The van der Waals surface area contributed by atoms with Crippen molar-refractivity contribution in [3.63, 3.8) is 0 Å². The smallest absolute Gasteiger partial charge is 0.125 e. The molecule has 0 heterocycles. The van der Waals surface area contributed by atoms with Crippen LogP contribution in [0.5, 0.6) is 5.75 Å². The molecular weight excluding hydrogens is 226 g/mol. The Hall–Kier alpha value is -1.50. The zero-order valence-electron chi connectivity index (χ0n) is 11.1. The van der Waals surface area contributed by atoms with Crippen LogP contribution in [0.3, 0.4) is 0 Å². The Kier molecular flexibility index (Phi) is 5.70. The highest BCUT2D eigenvalue weighted by atomic mass is 16.5. The van der Waals surface area contributed by atoms with Crippen molar-refractivity contribution >= 4 is 0 Å². The minimum absolute atomic E-state index is 0.487. The van der Waals surface area contributed by atoms with Crippen LogP contribution in [0.4, 0.5) is 0 Å². The molecule has 0 atom stereocenters. The highest BCUT2D eigenvalue weighted by molar-refractivity contribution is 5.41. The average molecular weight is 247 g/mol. The number of benzene rings is 1. The predicted molar refractivity (Wildman–Crippen MR) is 73.4 cm³/mol. The molecule has 0 fully saturated rings. The monoisotopic (exact) mass is 247 g/mol. The van der Waals surface area contributed by atoms with Crippen LogP contribution < -0.4 is 10.5 Å². The summed E-state index contributed by atoms with van der Waals surface area (Å²) in [6.45, 7) is 4.84. The van der Waals surface area contributed by atoms with Crippen LogP contribution in [0, 0.1) is 11.8 Å². The molecule has 0 unspecified atom stereocenters. The predicted octanol–water partition coefficient (Wildman–Crippen LogP) is 1.93. The lowest BCUT2D eigenvalue weighted by Crippen LogP contribution is -2.23. The molecule has 3 nitrogen and oxygen atoms in total. The third-order valence-corrected chi connectivity index (χ3v) is 2.83. The standard InChI is InChI=1S/C15H21NO2/c1-3-15(17,4-2)9-8-13-6-5-7-14(12-13)18-11-10-16/h5-7,12,17H,3-4,10-11,16H2,1-2H3. The van der Waals surface area contributed by atoms with E-state index in [4.69, 9.17) is 10.5 Å². The van der Waals surface area contributed by atoms with Gasteiger partial charge in [0, 0.05) is 12.1 Å². The third-order valence-electron chi connectivity index (χ3n) is 2.83. The molecule has 1 aromatic rings. The molecule has 1 aromatic carbocycles. The SMILES string of the molecule is CCC(O)(C#Cc1cccc(OCCN)c1)CC. The molecular formula is C15H21NO2. The number of aliphatic hydroxyl groups is 1. The first-order valence-electron chi connectivity index (χ1n) is 6.32. The fourth-order valence-electron chi connectivity index (χ4n) is 1.46. The van der Waals surface area contributed by atoms with Crippen LogP contribution in [-0.4, -0.2) is 23.9 Å². The highest BCUT2D eigenvalue weighted by Gasteiger charge is 2.17. The Morgan fingerprint density at radius 1 is 1.33 bits per heavy atom. The second-order valence-corrected chi connectivity index (χ2v) is 4.15. The highest BCUT2D eigenvalue weighted by Crippen LogP contribution is 2.15. The fourth-order valence-corrected chi connectivity index (χ4v) is 1.46. The van der Waals surface area contributed by atoms with E-state index in [1.54, 1.807) is 0 Å². The van der Waals surface area contributed by atoms with Crippen molar-refractivity contribution in [1.29, 1.82) is 0 Å². The van der Waals surface area contributed by atoms with Crippen molar-refractivity contribution in [3.8, 4) is 17.6 Å². The van der Waals surface area contributed by atoms with Gasteiger partial charge in [0.05, 0.1) is 0 Å². The van der Waals surface area contributed by atoms with Crippen LogP contribution in [0.25, 0.3) is 0 Å². The summed E-state index contributed by atoms with van der Waals surface area (Å²) in [6, 6.07) is 7.50. The molecule has 1 rings (SSSR count). The van der Waals surface area contributed by atoms with Gasteiger partial charge in [0.15, 0.2) is 0 Å². The van der Waals surface area contributed by atoms with Gasteiger partial charge in [-0.25, -0.2) is 0 Å². The molecule has 0 amide bonds. The van der Waals surface area contributed by atoms with Gasteiger partial charge < -0.3 is 15.6 Å². The summed E-state index contributed by atoms with van der Waals surface area (Å²) < 4.78 is 5.43. The number of hydrogen-bond donors (Lipinski definition) is 2. The molecule has 0 saturated heterocycles. The van der Waals surface area contributed by atoms with Crippen LogP contribution in [0.1, 0.15) is 32.3 Å². The topological polar surface area (TPSA) is 55.5 Å². The Morgan fingerprint density at radius 2 is 2.06 bits per heavy atom. The van der Waals surface area contributed by atoms with Gasteiger partial charge in [-0.05, 0) is 31.0 Å². The van der Waals surface area contributed by atoms with E-state index in [1.165, 1.54) is 0 Å². The van der Waals surface area contributed by atoms with E-state index >= 15 is 0 Å². The van der Waals surface area contributed by atoms with Gasteiger partial charge in [0.25, 0.3) is 0 Å². The second-order valence-electron chi connectivity index (χ2n) is 4.15. The summed E-state index contributed by atoms with van der Waals surface area (Å²) in [7, 11) is 0. The molecule has 0 spiro atoms. The summed E-state index contributed by atoms with van der Waals surface area (Å²) in [6.07, 6.45) is 1.25. The van der Waals surface area contributed by atoms with Gasteiger partial charge in [-0.3, -0.25) is 0 Å². The fraction of sp³-hybridized carbons (Fsp3) is 0.467. The second kappa shape index (κ2) is 7.05. The van der Waals surface area contributed by atoms with Gasteiger partial charge in [-0.15, -0.1) is 0 Å². The van der Waals surface area contributed by atoms with Gasteiger partial charge in [-0.1, -0.05) is 31.8 Å². The summed E-state index contributed by atoms with van der Waals surface area (Å²) in [5.41, 5.74) is 5.32. The van der Waals surface area contributed by atoms with Gasteiger partial charge in [0.2, 0.25) is 0 Å². The lowest BCUT2D eigenvalue weighted by Gasteiger charge is -2.17. The molecule has 0 saturated carbocycles. The number of rotatable bonds is 5. The number of nitrogens with two attached hydrogens (primary N) is 1. The van der Waals surface area contributed by atoms with Gasteiger partial charge in [-0.2, -0.15) is 0 Å². The zero-order valence-corrected chi connectivity index (χ0v) is 11.1. The van der Waals surface area contributed by atoms with Crippen LogP contribution >= 0.6 is 0 Å².